The van der Waals surface area contributed by atoms with Crippen LogP contribution in [0.1, 0.15) is 56.1 Å². The zero-order chi connectivity index (χ0) is 29.8. The van der Waals surface area contributed by atoms with Gasteiger partial charge in [0.05, 0.1) is 22.5 Å². The summed E-state index contributed by atoms with van der Waals surface area (Å²) in [6.45, 7) is 3.24. The van der Waals surface area contributed by atoms with Crippen LogP contribution >= 0.6 is 11.6 Å². The molecule has 0 saturated carbocycles. The lowest BCUT2D eigenvalue weighted by atomic mass is 9.87. The molecule has 2 aromatic carbocycles. The average Bonchev–Trinajstić information content (AvgIpc) is 3.37. The molecule has 0 bridgehead atoms. The third kappa shape index (κ3) is 7.00. The van der Waals surface area contributed by atoms with Crippen molar-refractivity contribution in [3.63, 3.8) is 0 Å². The van der Waals surface area contributed by atoms with E-state index in [2.05, 4.69) is 15.3 Å². The van der Waals surface area contributed by atoms with Crippen LogP contribution in [0.5, 0.6) is 0 Å². The fraction of sp³-hybridized carbons (Fsp3) is 0.387. The maximum absolute atomic E-state index is 15.1. The number of aryl methyl sites for hydroxylation is 1. The van der Waals surface area contributed by atoms with Gasteiger partial charge in [0, 0.05) is 36.3 Å². The quantitative estimate of drug-likeness (QED) is 0.129. The molecule has 42 heavy (non-hydrogen) atoms. The van der Waals surface area contributed by atoms with E-state index in [0.717, 1.165) is 44.1 Å². The van der Waals surface area contributed by atoms with Gasteiger partial charge >= 0.3 is 5.69 Å². The molecule has 3 heterocycles. The first kappa shape index (κ1) is 29.8. The Morgan fingerprint density at radius 2 is 2.10 bits per heavy atom. The van der Waals surface area contributed by atoms with E-state index in [4.69, 9.17) is 33.2 Å². The van der Waals surface area contributed by atoms with Crippen molar-refractivity contribution in [2.45, 2.75) is 63.5 Å². The van der Waals surface area contributed by atoms with Crippen molar-refractivity contribution in [2.75, 3.05) is 13.2 Å². The highest BCUT2D eigenvalue weighted by molar-refractivity contribution is 6.31. The molecule has 11 heteroatoms. The second-order valence-electron chi connectivity index (χ2n) is 11.1. The first-order valence-corrected chi connectivity index (χ1v) is 14.7. The third-order valence-electron chi connectivity index (χ3n) is 7.80. The molecule has 5 rings (SSSR count). The Labute approximate surface area is 248 Å². The molecule has 3 atom stereocenters. The van der Waals surface area contributed by atoms with Crippen molar-refractivity contribution >= 4 is 28.6 Å². The Morgan fingerprint density at radius 1 is 1.31 bits per heavy atom. The van der Waals surface area contributed by atoms with Gasteiger partial charge < -0.3 is 26.5 Å². The number of benzene rings is 2. The van der Waals surface area contributed by atoms with Crippen LogP contribution in [0.25, 0.3) is 28.0 Å². The summed E-state index contributed by atoms with van der Waals surface area (Å²) in [5.41, 5.74) is 14.8. The number of ether oxygens (including phenoxy) is 1. The molecule has 0 radical (unpaired) electrons. The molecule has 1 aliphatic rings. The number of hydrogen-bond donors (Lipinski definition) is 5. The second-order valence-corrected chi connectivity index (χ2v) is 11.5. The number of fused-ring (bicyclic) bond motifs is 1. The number of guanidine groups is 1. The van der Waals surface area contributed by atoms with Crippen molar-refractivity contribution in [2.24, 2.45) is 11.5 Å². The number of H-pyrrole nitrogens is 1. The highest BCUT2D eigenvalue weighted by atomic mass is 35.5. The van der Waals surface area contributed by atoms with E-state index in [-0.39, 0.29) is 23.1 Å². The third-order valence-corrected chi connectivity index (χ3v) is 8.08. The van der Waals surface area contributed by atoms with E-state index in [9.17, 15) is 4.79 Å². The van der Waals surface area contributed by atoms with E-state index < -0.39 is 11.5 Å². The van der Waals surface area contributed by atoms with Gasteiger partial charge in [-0.1, -0.05) is 23.7 Å². The first-order chi connectivity index (χ1) is 20.2. The van der Waals surface area contributed by atoms with Crippen LogP contribution in [0.2, 0.25) is 5.02 Å². The van der Waals surface area contributed by atoms with E-state index in [1.807, 2.05) is 31.2 Å². The summed E-state index contributed by atoms with van der Waals surface area (Å²) in [5, 5.41) is 10.9. The molecule has 1 fully saturated rings. The zero-order valence-electron chi connectivity index (χ0n) is 23.6. The van der Waals surface area contributed by atoms with E-state index in [0.29, 0.717) is 47.0 Å². The Hall–Kier alpha value is -3.73. The lowest BCUT2D eigenvalue weighted by Crippen LogP contribution is -2.34. The molecule has 2 aromatic heterocycles. The van der Waals surface area contributed by atoms with Gasteiger partial charge in [0.1, 0.15) is 5.65 Å². The van der Waals surface area contributed by atoms with Crippen molar-refractivity contribution in [3.05, 3.63) is 81.1 Å². The number of rotatable bonds is 10. The summed E-state index contributed by atoms with van der Waals surface area (Å²) < 4.78 is 22.5. The SMILES string of the molecule is C[C@H](N)CCCc1cc(Cl)c(F)c(-c2cc3cn(-c4ccc([C@@H]5CCO[C@@H](CCNC(=N)N)C5)cc4)c(=O)nc3[nH]2)c1. The molecule has 0 spiro atoms. The number of halogens is 2. The molecule has 9 nitrogen and oxygen atoms in total. The normalized spacial score (nSPS) is 17.8. The predicted molar refractivity (Wildman–Crippen MR) is 165 cm³/mol. The minimum Gasteiger partial charge on any atom is -0.378 e. The topological polar surface area (TPSA) is 148 Å². The molecular weight excluding hydrogens is 557 g/mol. The van der Waals surface area contributed by atoms with Crippen molar-refractivity contribution in [3.8, 4) is 16.9 Å². The molecular formula is C31H37ClFN7O2. The summed E-state index contributed by atoms with van der Waals surface area (Å²) in [7, 11) is 0. The number of hydrogen-bond acceptors (Lipinski definition) is 5. The predicted octanol–water partition coefficient (Wildman–Crippen LogP) is 4.98. The Balaban J connectivity index is 1.35. The van der Waals surface area contributed by atoms with Crippen LogP contribution in [0.15, 0.2) is 53.5 Å². The van der Waals surface area contributed by atoms with Crippen molar-refractivity contribution < 1.29 is 9.13 Å². The van der Waals surface area contributed by atoms with Gasteiger partial charge in [-0.2, -0.15) is 4.98 Å². The maximum atomic E-state index is 15.1. The van der Waals surface area contributed by atoms with Gasteiger partial charge in [-0.05, 0) is 92.8 Å². The van der Waals surface area contributed by atoms with Crippen molar-refractivity contribution in [1.82, 2.24) is 19.9 Å². The van der Waals surface area contributed by atoms with Crippen LogP contribution in [-0.2, 0) is 11.2 Å². The molecule has 0 amide bonds. The first-order valence-electron chi connectivity index (χ1n) is 14.3. The fourth-order valence-electron chi connectivity index (χ4n) is 5.60. The molecule has 4 aromatic rings. The molecule has 0 aliphatic carbocycles. The van der Waals surface area contributed by atoms with Gasteiger partial charge in [0.25, 0.3) is 0 Å². The lowest BCUT2D eigenvalue weighted by Gasteiger charge is -2.30. The zero-order valence-corrected chi connectivity index (χ0v) is 24.4. The fourth-order valence-corrected chi connectivity index (χ4v) is 5.84. The number of nitrogens with two attached hydrogens (primary N) is 2. The standard InChI is InChI=1S/C31H37ClFN7O2/c1-18(34)3-2-4-19-13-25(28(33)26(32)14-19)27-16-22-17-40(31(41)39-29(22)38-27)23-7-5-20(6-8-23)21-10-12-42-24(15-21)9-11-37-30(35)36/h5-8,13-14,16-18,21,24H,2-4,9-12,15,34H2,1H3,(H4,35,36,37)(H,38,39,41)/t18-,21+,24-/m0/s1. The molecule has 1 aliphatic heterocycles. The Bertz CT molecular complexity index is 1620. The summed E-state index contributed by atoms with van der Waals surface area (Å²) in [6, 6.07) is 13.3. The molecule has 222 valence electrons. The lowest BCUT2D eigenvalue weighted by molar-refractivity contribution is 0.00287. The van der Waals surface area contributed by atoms with Gasteiger partial charge in [-0.25, -0.2) is 9.18 Å². The average molecular weight is 594 g/mol. The van der Waals surface area contributed by atoms with Crippen LogP contribution in [0, 0.1) is 11.2 Å². The van der Waals surface area contributed by atoms with Crippen LogP contribution < -0.4 is 22.5 Å². The van der Waals surface area contributed by atoms with Gasteiger partial charge in [0.15, 0.2) is 11.8 Å². The summed E-state index contributed by atoms with van der Waals surface area (Å²) in [4.78, 5) is 20.3. The maximum Gasteiger partial charge on any atom is 0.354 e. The van der Waals surface area contributed by atoms with Gasteiger partial charge in [-0.15, -0.1) is 0 Å². The van der Waals surface area contributed by atoms with Crippen LogP contribution in [0.4, 0.5) is 4.39 Å². The van der Waals surface area contributed by atoms with Crippen molar-refractivity contribution in [1.29, 1.82) is 5.41 Å². The van der Waals surface area contributed by atoms with E-state index in [1.54, 1.807) is 24.4 Å². The number of aromatic nitrogens is 3. The second kappa shape index (κ2) is 13.1. The largest absolute Gasteiger partial charge is 0.378 e. The van der Waals surface area contributed by atoms with Crippen LogP contribution in [-0.4, -0.2) is 45.8 Å². The van der Waals surface area contributed by atoms with E-state index >= 15 is 4.39 Å². The Kier molecular flexibility index (Phi) is 9.25. The smallest absolute Gasteiger partial charge is 0.354 e. The number of nitrogens with zero attached hydrogens (tertiary/aromatic N) is 2. The van der Waals surface area contributed by atoms with Gasteiger partial charge in [-0.3, -0.25) is 9.98 Å². The van der Waals surface area contributed by atoms with Crippen LogP contribution in [0.3, 0.4) is 0 Å². The minimum atomic E-state index is -0.518. The van der Waals surface area contributed by atoms with Gasteiger partial charge in [0.2, 0.25) is 0 Å². The summed E-state index contributed by atoms with van der Waals surface area (Å²) in [5.74, 6) is -0.211. The summed E-state index contributed by atoms with van der Waals surface area (Å²) in [6.07, 6.45) is 6.88. The Morgan fingerprint density at radius 3 is 2.83 bits per heavy atom. The number of aromatic amines is 1. The summed E-state index contributed by atoms with van der Waals surface area (Å²) >= 11 is 6.24. The van der Waals surface area contributed by atoms with E-state index in [1.165, 1.54) is 10.1 Å². The molecule has 7 N–H and O–H groups in total. The minimum absolute atomic E-state index is 0.0359. The monoisotopic (exact) mass is 593 g/mol. The highest BCUT2D eigenvalue weighted by Crippen LogP contribution is 2.33. The molecule has 1 saturated heterocycles. The number of nitrogens with one attached hydrogen (secondary N) is 3. The highest BCUT2D eigenvalue weighted by Gasteiger charge is 2.24. The molecule has 0 unspecified atom stereocenters.